The quantitative estimate of drug-likeness (QED) is 0.459. The molecule has 0 unspecified atom stereocenters. The van der Waals surface area contributed by atoms with Gasteiger partial charge in [-0.2, -0.15) is 0 Å². The molecule has 1 heterocycles. The first-order valence-corrected chi connectivity index (χ1v) is 7.60. The largest absolute Gasteiger partial charge is 0.366 e. The molecule has 6 nitrogen and oxygen atoms in total. The lowest BCUT2D eigenvalue weighted by molar-refractivity contribution is -0.384. The number of hydrogen-bond donors (Lipinski definition) is 0. The summed E-state index contributed by atoms with van der Waals surface area (Å²) in [5.74, 6) is 0.325. The maximum Gasteiger partial charge on any atom is 0.293 e. The summed E-state index contributed by atoms with van der Waals surface area (Å²) >= 11 is 3.28. The van der Waals surface area contributed by atoms with Crippen LogP contribution in [0.5, 0.6) is 0 Å². The normalized spacial score (nSPS) is 16.5. The van der Waals surface area contributed by atoms with Crippen LogP contribution in [0.2, 0.25) is 0 Å². The molecule has 0 atom stereocenters. The monoisotopic (exact) mass is 358 g/mol. The highest BCUT2D eigenvalue weighted by atomic mass is 79.9. The molecule has 1 aromatic rings. The molecular formula is C14H19BrN2O4. The first-order valence-electron chi connectivity index (χ1n) is 6.81. The Kier molecular flexibility index (Phi) is 5.55. The van der Waals surface area contributed by atoms with Crippen LogP contribution in [-0.2, 0) is 9.47 Å². The summed E-state index contributed by atoms with van der Waals surface area (Å²) in [7, 11) is 3.28. The Morgan fingerprint density at radius 3 is 2.48 bits per heavy atom. The van der Waals surface area contributed by atoms with Crippen LogP contribution < -0.4 is 4.90 Å². The zero-order valence-electron chi connectivity index (χ0n) is 12.1. The number of anilines is 1. The van der Waals surface area contributed by atoms with Crippen LogP contribution >= 0.6 is 15.9 Å². The predicted octanol–water partition coefficient (Wildman–Crippen LogP) is 3.19. The van der Waals surface area contributed by atoms with Crippen LogP contribution in [-0.4, -0.2) is 38.5 Å². The SMILES string of the molecule is COC(OC)C1CCN(c2ccc(Br)cc2[N+](=O)[O-])CC1. The number of halogens is 1. The average molecular weight is 359 g/mol. The van der Waals surface area contributed by atoms with Crippen molar-refractivity contribution in [1.29, 1.82) is 0 Å². The number of hydrogen-bond acceptors (Lipinski definition) is 5. The van der Waals surface area contributed by atoms with Gasteiger partial charge in [0.05, 0.1) is 4.92 Å². The minimum Gasteiger partial charge on any atom is -0.366 e. The van der Waals surface area contributed by atoms with Crippen LogP contribution in [0.25, 0.3) is 0 Å². The van der Waals surface area contributed by atoms with Gasteiger partial charge in [-0.1, -0.05) is 15.9 Å². The van der Waals surface area contributed by atoms with Gasteiger partial charge in [0.25, 0.3) is 5.69 Å². The Morgan fingerprint density at radius 2 is 1.95 bits per heavy atom. The van der Waals surface area contributed by atoms with Crippen molar-refractivity contribution in [3.8, 4) is 0 Å². The van der Waals surface area contributed by atoms with Crippen molar-refractivity contribution in [2.75, 3.05) is 32.2 Å². The summed E-state index contributed by atoms with van der Waals surface area (Å²) in [6.45, 7) is 1.52. The fraction of sp³-hybridized carbons (Fsp3) is 0.571. The molecule has 1 aliphatic heterocycles. The molecule has 21 heavy (non-hydrogen) atoms. The zero-order chi connectivity index (χ0) is 15.4. The highest BCUT2D eigenvalue weighted by Gasteiger charge is 2.29. The molecule has 1 fully saturated rings. The van der Waals surface area contributed by atoms with Crippen LogP contribution in [0, 0.1) is 16.0 Å². The molecule has 0 amide bonds. The molecule has 0 saturated carbocycles. The maximum absolute atomic E-state index is 11.2. The molecule has 0 radical (unpaired) electrons. The number of ether oxygens (including phenoxy) is 2. The van der Waals surface area contributed by atoms with Gasteiger partial charge in [-0.3, -0.25) is 10.1 Å². The highest BCUT2D eigenvalue weighted by molar-refractivity contribution is 9.10. The van der Waals surface area contributed by atoms with E-state index in [1.54, 1.807) is 26.4 Å². The predicted molar refractivity (Wildman–Crippen MR) is 83.5 cm³/mol. The fourth-order valence-electron chi connectivity index (χ4n) is 2.80. The number of rotatable bonds is 5. The third-order valence-electron chi connectivity index (χ3n) is 3.86. The van der Waals surface area contributed by atoms with E-state index in [-0.39, 0.29) is 16.9 Å². The summed E-state index contributed by atoms with van der Waals surface area (Å²) in [4.78, 5) is 12.9. The zero-order valence-corrected chi connectivity index (χ0v) is 13.7. The van der Waals surface area contributed by atoms with E-state index in [4.69, 9.17) is 9.47 Å². The van der Waals surface area contributed by atoms with Crippen LogP contribution in [0.3, 0.4) is 0 Å². The fourth-order valence-corrected chi connectivity index (χ4v) is 3.15. The molecule has 0 spiro atoms. The average Bonchev–Trinajstić information content (AvgIpc) is 2.49. The Bertz CT molecular complexity index is 500. The van der Waals surface area contributed by atoms with Crippen LogP contribution in [0.4, 0.5) is 11.4 Å². The molecule has 0 N–H and O–H groups in total. The van der Waals surface area contributed by atoms with Crippen molar-refractivity contribution in [1.82, 2.24) is 0 Å². The number of piperidine rings is 1. The third-order valence-corrected chi connectivity index (χ3v) is 4.36. The van der Waals surface area contributed by atoms with Crippen molar-refractivity contribution in [3.63, 3.8) is 0 Å². The van der Waals surface area contributed by atoms with Crippen molar-refractivity contribution >= 4 is 27.3 Å². The number of nitro benzene ring substituents is 1. The van der Waals surface area contributed by atoms with Crippen LogP contribution in [0.1, 0.15) is 12.8 Å². The van der Waals surface area contributed by atoms with E-state index < -0.39 is 0 Å². The van der Waals surface area contributed by atoms with Gasteiger partial charge in [-0.25, -0.2) is 0 Å². The van der Waals surface area contributed by atoms with Gasteiger partial charge in [0.1, 0.15) is 5.69 Å². The molecule has 2 rings (SSSR count). The van der Waals surface area contributed by atoms with Gasteiger partial charge >= 0.3 is 0 Å². The smallest absolute Gasteiger partial charge is 0.293 e. The van der Waals surface area contributed by atoms with Crippen molar-refractivity contribution < 1.29 is 14.4 Å². The van der Waals surface area contributed by atoms with E-state index in [1.165, 1.54) is 0 Å². The first-order chi connectivity index (χ1) is 10.1. The van der Waals surface area contributed by atoms with Gasteiger partial charge < -0.3 is 14.4 Å². The number of nitrogens with zero attached hydrogens (tertiary/aromatic N) is 2. The summed E-state index contributed by atoms with van der Waals surface area (Å²) in [5.41, 5.74) is 0.811. The van der Waals surface area contributed by atoms with E-state index in [1.807, 2.05) is 6.07 Å². The van der Waals surface area contributed by atoms with E-state index >= 15 is 0 Å². The minimum atomic E-state index is -0.334. The molecule has 0 bridgehead atoms. The lowest BCUT2D eigenvalue weighted by Crippen LogP contribution is -2.39. The minimum absolute atomic E-state index is 0.137. The third kappa shape index (κ3) is 3.72. The van der Waals surface area contributed by atoms with E-state index in [0.29, 0.717) is 16.1 Å². The Balaban J connectivity index is 2.10. The topological polar surface area (TPSA) is 64.8 Å². The van der Waals surface area contributed by atoms with Gasteiger partial charge in [0.2, 0.25) is 0 Å². The molecule has 1 aromatic carbocycles. The molecular weight excluding hydrogens is 340 g/mol. The Labute approximate surface area is 132 Å². The summed E-state index contributed by atoms with van der Waals surface area (Å²) in [6.07, 6.45) is 1.58. The van der Waals surface area contributed by atoms with Gasteiger partial charge in [-0.05, 0) is 25.0 Å². The summed E-state index contributed by atoms with van der Waals surface area (Å²) in [6, 6.07) is 5.18. The van der Waals surface area contributed by atoms with Gasteiger partial charge in [0, 0.05) is 43.8 Å². The molecule has 0 aliphatic carbocycles. The molecule has 7 heteroatoms. The summed E-state index contributed by atoms with van der Waals surface area (Å²) < 4.78 is 11.3. The van der Waals surface area contributed by atoms with E-state index in [0.717, 1.165) is 25.9 Å². The number of methoxy groups -OCH3 is 2. The first kappa shape index (κ1) is 16.2. The van der Waals surface area contributed by atoms with E-state index in [9.17, 15) is 10.1 Å². The Hall–Kier alpha value is -1.18. The lowest BCUT2D eigenvalue weighted by Gasteiger charge is -2.35. The second-order valence-electron chi connectivity index (χ2n) is 5.05. The second kappa shape index (κ2) is 7.20. The second-order valence-corrected chi connectivity index (χ2v) is 5.97. The molecule has 0 aromatic heterocycles. The molecule has 116 valence electrons. The maximum atomic E-state index is 11.2. The van der Waals surface area contributed by atoms with Gasteiger partial charge in [-0.15, -0.1) is 0 Å². The van der Waals surface area contributed by atoms with Crippen molar-refractivity contribution in [2.45, 2.75) is 19.1 Å². The van der Waals surface area contributed by atoms with Gasteiger partial charge in [0.15, 0.2) is 6.29 Å². The highest BCUT2D eigenvalue weighted by Crippen LogP contribution is 2.34. The Morgan fingerprint density at radius 1 is 1.33 bits per heavy atom. The standard InChI is InChI=1S/C14H19BrN2O4/c1-20-14(21-2)10-5-7-16(8-6-10)12-4-3-11(15)9-13(12)17(18)19/h3-4,9-10,14H,5-8H2,1-2H3. The summed E-state index contributed by atoms with van der Waals surface area (Å²) in [5, 5.41) is 11.2. The van der Waals surface area contributed by atoms with Crippen molar-refractivity contribution in [2.24, 2.45) is 5.92 Å². The van der Waals surface area contributed by atoms with Crippen LogP contribution in [0.15, 0.2) is 22.7 Å². The molecule has 1 saturated heterocycles. The number of benzene rings is 1. The molecule has 1 aliphatic rings. The number of nitro groups is 1. The van der Waals surface area contributed by atoms with Crippen molar-refractivity contribution in [3.05, 3.63) is 32.8 Å². The lowest BCUT2D eigenvalue weighted by atomic mass is 9.95. The van der Waals surface area contributed by atoms with E-state index in [2.05, 4.69) is 20.8 Å².